The highest BCUT2D eigenvalue weighted by atomic mass is 16.5. The van der Waals surface area contributed by atoms with Gasteiger partial charge in [0.2, 0.25) is 0 Å². The molecule has 0 unspecified atom stereocenters. The molecule has 1 fully saturated rings. The lowest BCUT2D eigenvalue weighted by Gasteiger charge is -2.35. The second-order valence-corrected chi connectivity index (χ2v) is 6.41. The fraction of sp³-hybridized carbons (Fsp3) is 0.389. The van der Waals surface area contributed by atoms with Crippen molar-refractivity contribution in [1.82, 2.24) is 4.90 Å². The van der Waals surface area contributed by atoms with Crippen LogP contribution in [0.3, 0.4) is 0 Å². The van der Waals surface area contributed by atoms with E-state index in [2.05, 4.69) is 16.3 Å². The van der Waals surface area contributed by atoms with Gasteiger partial charge in [0.25, 0.3) is 5.91 Å². The number of carbonyl (C=O) groups is 1. The maximum absolute atomic E-state index is 12.4. The Bertz CT molecular complexity index is 728. The van der Waals surface area contributed by atoms with Crippen LogP contribution in [-0.4, -0.2) is 42.7 Å². The summed E-state index contributed by atoms with van der Waals surface area (Å²) in [6, 6.07) is 8.48. The molecule has 3 aliphatic rings. The third-order valence-electron chi connectivity index (χ3n) is 4.46. The molecule has 5 heteroatoms. The Balaban J connectivity index is 1.78. The van der Waals surface area contributed by atoms with Gasteiger partial charge >= 0.3 is 0 Å². The fourth-order valence-electron chi connectivity index (χ4n) is 3.36. The number of fused-ring (bicyclic) bond motifs is 1. The third-order valence-corrected chi connectivity index (χ3v) is 4.46. The van der Waals surface area contributed by atoms with E-state index in [1.165, 1.54) is 0 Å². The van der Waals surface area contributed by atoms with Crippen molar-refractivity contribution in [3.8, 4) is 0 Å². The van der Waals surface area contributed by atoms with E-state index >= 15 is 0 Å². The van der Waals surface area contributed by atoms with Crippen molar-refractivity contribution in [3.05, 3.63) is 47.4 Å². The highest BCUT2D eigenvalue weighted by Gasteiger charge is 2.39. The lowest BCUT2D eigenvalue weighted by molar-refractivity contribution is -0.111. The predicted octanol–water partition coefficient (Wildman–Crippen LogP) is 2.17. The second-order valence-electron chi connectivity index (χ2n) is 6.41. The first kappa shape index (κ1) is 14.3. The first-order valence-corrected chi connectivity index (χ1v) is 7.86. The summed E-state index contributed by atoms with van der Waals surface area (Å²) >= 11 is 0. The first-order chi connectivity index (χ1) is 11.1. The van der Waals surface area contributed by atoms with Crippen molar-refractivity contribution in [1.29, 1.82) is 0 Å². The number of carbonyl (C=O) groups excluding carboxylic acids is 1. The van der Waals surface area contributed by atoms with E-state index in [0.29, 0.717) is 11.3 Å². The Labute approximate surface area is 135 Å². The van der Waals surface area contributed by atoms with Crippen LogP contribution in [0.5, 0.6) is 0 Å². The molecule has 0 spiro atoms. The molecular formula is C18H19N2O3. The van der Waals surface area contributed by atoms with Gasteiger partial charge in [-0.3, -0.25) is 4.79 Å². The Hall–Kier alpha value is -2.27. The van der Waals surface area contributed by atoms with Gasteiger partial charge in [-0.2, -0.15) is 0 Å². The van der Waals surface area contributed by atoms with E-state index in [-0.39, 0.29) is 5.91 Å². The van der Waals surface area contributed by atoms with Gasteiger partial charge in [-0.05, 0) is 26.0 Å². The molecule has 1 radical (unpaired) electrons. The molecule has 0 atom stereocenters. The Morgan fingerprint density at radius 3 is 2.87 bits per heavy atom. The standard InChI is InChI=1S/C18H19N2O3/c1-18(2)15(20-7-9-22-10-8-20)11-14(23-18)16-12-5-3-4-6-13(12)19-17(16)21/h3,5-6,11H,7-10H2,1-2H3,(H,19,21)/b16-14+. The number of ether oxygens (including phenoxy) is 2. The van der Waals surface area contributed by atoms with Crippen molar-refractivity contribution in [3.63, 3.8) is 0 Å². The molecule has 3 heterocycles. The van der Waals surface area contributed by atoms with Gasteiger partial charge < -0.3 is 19.7 Å². The number of anilines is 1. The van der Waals surface area contributed by atoms with Crippen LogP contribution < -0.4 is 5.32 Å². The number of amides is 1. The van der Waals surface area contributed by atoms with Gasteiger partial charge in [0.1, 0.15) is 11.4 Å². The number of allylic oxidation sites excluding steroid dienone is 1. The molecule has 5 nitrogen and oxygen atoms in total. The fourth-order valence-corrected chi connectivity index (χ4v) is 3.36. The van der Waals surface area contributed by atoms with Crippen LogP contribution in [-0.2, 0) is 14.3 Å². The predicted molar refractivity (Wildman–Crippen MR) is 86.5 cm³/mol. The van der Waals surface area contributed by atoms with Crippen molar-refractivity contribution in [2.75, 3.05) is 31.6 Å². The Kier molecular flexibility index (Phi) is 3.20. The van der Waals surface area contributed by atoms with Gasteiger partial charge in [-0.15, -0.1) is 0 Å². The zero-order valence-corrected chi connectivity index (χ0v) is 13.3. The van der Waals surface area contributed by atoms with Gasteiger partial charge in [-0.25, -0.2) is 0 Å². The average molecular weight is 311 g/mol. The van der Waals surface area contributed by atoms with E-state index in [1.807, 2.05) is 32.1 Å². The highest BCUT2D eigenvalue weighted by Crippen LogP contribution is 2.41. The molecule has 119 valence electrons. The van der Waals surface area contributed by atoms with Crippen LogP contribution >= 0.6 is 0 Å². The Morgan fingerprint density at radius 1 is 1.30 bits per heavy atom. The molecule has 0 saturated carbocycles. The van der Waals surface area contributed by atoms with E-state index in [0.717, 1.165) is 43.3 Å². The van der Waals surface area contributed by atoms with Gasteiger partial charge in [0.05, 0.1) is 24.5 Å². The molecule has 23 heavy (non-hydrogen) atoms. The molecule has 1 amide bonds. The molecule has 1 aromatic rings. The van der Waals surface area contributed by atoms with Gasteiger partial charge in [0, 0.05) is 30.4 Å². The summed E-state index contributed by atoms with van der Waals surface area (Å²) in [6.07, 6.45) is 2.01. The minimum atomic E-state index is -0.455. The number of rotatable bonds is 1. The van der Waals surface area contributed by atoms with Crippen LogP contribution in [0.4, 0.5) is 5.69 Å². The molecule has 1 aromatic carbocycles. The number of nitrogens with one attached hydrogen (secondary N) is 1. The summed E-state index contributed by atoms with van der Waals surface area (Å²) in [7, 11) is 0. The summed E-state index contributed by atoms with van der Waals surface area (Å²) < 4.78 is 11.6. The molecule has 0 aliphatic carbocycles. The average Bonchev–Trinajstić information content (AvgIpc) is 3.03. The number of morpholine rings is 1. The SMILES string of the molecule is CC1(C)O/C(=C2/C(=O)Nc3c[c]ccc32)C=C1N1CCOCC1. The van der Waals surface area contributed by atoms with Crippen molar-refractivity contribution < 1.29 is 14.3 Å². The lowest BCUT2D eigenvalue weighted by atomic mass is 10.0. The minimum Gasteiger partial charge on any atom is -0.481 e. The third kappa shape index (κ3) is 2.32. The van der Waals surface area contributed by atoms with E-state index < -0.39 is 5.60 Å². The minimum absolute atomic E-state index is 0.120. The van der Waals surface area contributed by atoms with E-state index in [9.17, 15) is 4.79 Å². The monoisotopic (exact) mass is 311 g/mol. The molecule has 0 bridgehead atoms. The largest absolute Gasteiger partial charge is 0.481 e. The molecule has 0 aromatic heterocycles. The maximum atomic E-state index is 12.4. The number of nitrogens with zero attached hydrogens (tertiary/aromatic N) is 1. The van der Waals surface area contributed by atoms with E-state index in [4.69, 9.17) is 9.47 Å². The van der Waals surface area contributed by atoms with Crippen LogP contribution in [0.15, 0.2) is 35.7 Å². The molecular weight excluding hydrogens is 292 g/mol. The van der Waals surface area contributed by atoms with Crippen LogP contribution in [0.25, 0.3) is 5.57 Å². The van der Waals surface area contributed by atoms with Crippen LogP contribution in [0.1, 0.15) is 19.4 Å². The summed E-state index contributed by atoms with van der Waals surface area (Å²) in [4.78, 5) is 14.7. The van der Waals surface area contributed by atoms with Gasteiger partial charge in [-0.1, -0.05) is 12.1 Å². The summed E-state index contributed by atoms with van der Waals surface area (Å²) in [5, 5.41) is 2.88. The zero-order chi connectivity index (χ0) is 16.0. The Morgan fingerprint density at radius 2 is 2.09 bits per heavy atom. The van der Waals surface area contributed by atoms with Crippen molar-refractivity contribution in [2.45, 2.75) is 19.4 Å². The molecule has 1 saturated heterocycles. The topological polar surface area (TPSA) is 50.8 Å². The molecule has 4 rings (SSSR count). The second kappa shape index (κ2) is 5.13. The molecule has 3 aliphatic heterocycles. The summed E-state index contributed by atoms with van der Waals surface area (Å²) in [5.41, 5.74) is 2.91. The maximum Gasteiger partial charge on any atom is 0.260 e. The number of benzene rings is 1. The van der Waals surface area contributed by atoms with Gasteiger partial charge in [0.15, 0.2) is 0 Å². The van der Waals surface area contributed by atoms with Crippen molar-refractivity contribution in [2.24, 2.45) is 0 Å². The smallest absolute Gasteiger partial charge is 0.260 e. The normalized spacial score (nSPS) is 25.7. The summed E-state index contributed by atoms with van der Waals surface area (Å²) in [5.74, 6) is 0.517. The quantitative estimate of drug-likeness (QED) is 0.808. The number of hydrogen-bond acceptors (Lipinski definition) is 4. The highest BCUT2D eigenvalue weighted by molar-refractivity contribution is 6.32. The van der Waals surface area contributed by atoms with Crippen molar-refractivity contribution >= 4 is 17.2 Å². The van der Waals surface area contributed by atoms with Crippen LogP contribution in [0, 0.1) is 6.07 Å². The zero-order valence-electron chi connectivity index (χ0n) is 13.3. The lowest BCUT2D eigenvalue weighted by Crippen LogP contribution is -2.41. The van der Waals surface area contributed by atoms with E-state index in [1.54, 1.807) is 6.07 Å². The summed E-state index contributed by atoms with van der Waals surface area (Å²) in [6.45, 7) is 7.21. The molecule has 1 N–H and O–H groups in total. The number of hydrogen-bond donors (Lipinski definition) is 1. The first-order valence-electron chi connectivity index (χ1n) is 7.86. The van der Waals surface area contributed by atoms with Crippen LogP contribution in [0.2, 0.25) is 0 Å².